The third-order valence-corrected chi connectivity index (χ3v) is 3.20. The molecule has 0 aliphatic rings. The van der Waals surface area contributed by atoms with E-state index in [4.69, 9.17) is 11.6 Å². The van der Waals surface area contributed by atoms with Crippen LogP contribution in [0.2, 0.25) is 5.15 Å². The molecule has 0 spiro atoms. The number of anilines is 1. The molecule has 1 aromatic heterocycles. The SMILES string of the molecule is CC(=NNc1ccc(C(F)(F)F)cc1)c1cnc(C(F)F)nc1Cl. The van der Waals surface area contributed by atoms with Crippen molar-refractivity contribution < 1.29 is 22.0 Å². The Hall–Kier alpha value is -2.29. The lowest BCUT2D eigenvalue weighted by Crippen LogP contribution is -2.06. The molecule has 1 N–H and O–H groups in total. The molecule has 0 fully saturated rings. The van der Waals surface area contributed by atoms with Crippen LogP contribution in [0.1, 0.15) is 30.3 Å². The zero-order valence-electron chi connectivity index (χ0n) is 12.1. The lowest BCUT2D eigenvalue weighted by molar-refractivity contribution is -0.137. The van der Waals surface area contributed by atoms with Crippen molar-refractivity contribution in [3.05, 3.63) is 52.6 Å². The number of benzene rings is 1. The summed E-state index contributed by atoms with van der Waals surface area (Å²) in [5, 5.41) is 3.73. The molecule has 2 aromatic rings. The molecule has 24 heavy (non-hydrogen) atoms. The van der Waals surface area contributed by atoms with Crippen molar-refractivity contribution in [3.8, 4) is 0 Å². The molecule has 0 aliphatic carbocycles. The minimum atomic E-state index is -4.42. The van der Waals surface area contributed by atoms with E-state index in [1.54, 1.807) is 0 Å². The molecule has 0 saturated heterocycles. The summed E-state index contributed by atoms with van der Waals surface area (Å²) >= 11 is 5.80. The van der Waals surface area contributed by atoms with E-state index in [-0.39, 0.29) is 16.4 Å². The van der Waals surface area contributed by atoms with Crippen molar-refractivity contribution in [2.45, 2.75) is 19.5 Å². The van der Waals surface area contributed by atoms with E-state index >= 15 is 0 Å². The van der Waals surface area contributed by atoms with Crippen LogP contribution in [0.25, 0.3) is 0 Å². The predicted molar refractivity (Wildman–Crippen MR) is 79.3 cm³/mol. The lowest BCUT2D eigenvalue weighted by atomic mass is 10.2. The van der Waals surface area contributed by atoms with Gasteiger partial charge in [0.2, 0.25) is 0 Å². The van der Waals surface area contributed by atoms with Crippen molar-refractivity contribution in [2.75, 3.05) is 5.43 Å². The maximum atomic E-state index is 12.5. The van der Waals surface area contributed by atoms with Gasteiger partial charge in [0.25, 0.3) is 6.43 Å². The highest BCUT2D eigenvalue weighted by Crippen LogP contribution is 2.29. The molecule has 10 heteroatoms. The molecule has 4 nitrogen and oxygen atoms in total. The predicted octanol–water partition coefficient (Wildman–Crippen LogP) is 4.92. The molecule has 1 aromatic carbocycles. The molecule has 0 amide bonds. The van der Waals surface area contributed by atoms with Crippen LogP contribution in [0.3, 0.4) is 0 Å². The highest BCUT2D eigenvalue weighted by molar-refractivity contribution is 6.32. The van der Waals surface area contributed by atoms with E-state index in [1.165, 1.54) is 19.1 Å². The van der Waals surface area contributed by atoms with E-state index in [1.807, 2.05) is 0 Å². The Morgan fingerprint density at radius 1 is 1.21 bits per heavy atom. The Bertz CT molecular complexity index is 744. The van der Waals surface area contributed by atoms with Crippen LogP contribution in [0, 0.1) is 0 Å². The van der Waals surface area contributed by atoms with Gasteiger partial charge in [0, 0.05) is 6.20 Å². The molecule has 0 saturated carbocycles. The smallest absolute Gasteiger partial charge is 0.278 e. The van der Waals surface area contributed by atoms with Crippen LogP contribution in [-0.4, -0.2) is 15.7 Å². The van der Waals surface area contributed by atoms with Gasteiger partial charge in [-0.25, -0.2) is 18.7 Å². The average Bonchev–Trinajstić information content (AvgIpc) is 2.52. The van der Waals surface area contributed by atoms with Gasteiger partial charge < -0.3 is 0 Å². The van der Waals surface area contributed by atoms with Crippen LogP contribution in [0.5, 0.6) is 0 Å². The minimum absolute atomic E-state index is 0.198. The highest BCUT2D eigenvalue weighted by atomic mass is 35.5. The van der Waals surface area contributed by atoms with Gasteiger partial charge in [0.05, 0.1) is 22.5 Å². The third-order valence-electron chi connectivity index (χ3n) is 2.91. The fourth-order valence-electron chi connectivity index (χ4n) is 1.66. The first-order valence-corrected chi connectivity index (χ1v) is 6.85. The van der Waals surface area contributed by atoms with E-state index in [2.05, 4.69) is 20.5 Å². The minimum Gasteiger partial charge on any atom is -0.278 e. The zero-order valence-corrected chi connectivity index (χ0v) is 12.8. The van der Waals surface area contributed by atoms with Crippen LogP contribution in [-0.2, 0) is 6.18 Å². The number of alkyl halides is 5. The van der Waals surface area contributed by atoms with Gasteiger partial charge in [-0.2, -0.15) is 18.3 Å². The lowest BCUT2D eigenvalue weighted by Gasteiger charge is -2.08. The first-order valence-electron chi connectivity index (χ1n) is 6.47. The summed E-state index contributed by atoms with van der Waals surface area (Å²) in [6.45, 7) is 1.52. The molecule has 0 bridgehead atoms. The van der Waals surface area contributed by atoms with Gasteiger partial charge in [0.1, 0.15) is 5.15 Å². The van der Waals surface area contributed by atoms with Crippen LogP contribution in [0.4, 0.5) is 27.6 Å². The molecular formula is C14H10ClF5N4. The molecular weight excluding hydrogens is 355 g/mol. The second kappa shape index (κ2) is 7.08. The number of aromatic nitrogens is 2. The molecule has 2 rings (SSSR count). The summed E-state index contributed by atoms with van der Waals surface area (Å²) in [5.41, 5.74) is 2.57. The van der Waals surface area contributed by atoms with Crippen molar-refractivity contribution in [3.63, 3.8) is 0 Å². The number of hydrogen-bond acceptors (Lipinski definition) is 4. The Balaban J connectivity index is 2.14. The number of halogens is 6. The number of hydrazone groups is 1. The maximum absolute atomic E-state index is 12.5. The number of hydrogen-bond donors (Lipinski definition) is 1. The number of nitrogens with zero attached hydrogens (tertiary/aromatic N) is 3. The van der Waals surface area contributed by atoms with E-state index < -0.39 is 24.0 Å². The van der Waals surface area contributed by atoms with Crippen molar-refractivity contribution in [2.24, 2.45) is 5.10 Å². The van der Waals surface area contributed by atoms with Gasteiger partial charge in [-0.15, -0.1) is 0 Å². The monoisotopic (exact) mass is 364 g/mol. The van der Waals surface area contributed by atoms with Crippen molar-refractivity contribution in [1.29, 1.82) is 0 Å². The van der Waals surface area contributed by atoms with Crippen LogP contribution in [0.15, 0.2) is 35.6 Å². The topological polar surface area (TPSA) is 50.2 Å². The fourth-order valence-corrected chi connectivity index (χ4v) is 1.94. The third kappa shape index (κ3) is 4.38. The Labute approximate surface area is 138 Å². The quantitative estimate of drug-likeness (QED) is 0.362. The Kier molecular flexibility index (Phi) is 5.33. The fraction of sp³-hybridized carbons (Fsp3) is 0.214. The van der Waals surface area contributed by atoms with Gasteiger partial charge in [-0.1, -0.05) is 11.6 Å². The zero-order chi connectivity index (χ0) is 17.9. The van der Waals surface area contributed by atoms with Crippen LogP contribution >= 0.6 is 11.6 Å². The van der Waals surface area contributed by atoms with Crippen molar-refractivity contribution >= 4 is 23.0 Å². The molecule has 0 unspecified atom stereocenters. The first-order chi connectivity index (χ1) is 11.2. The summed E-state index contributed by atoms with van der Waals surface area (Å²) in [4.78, 5) is 6.93. The maximum Gasteiger partial charge on any atom is 0.416 e. The van der Waals surface area contributed by atoms with Gasteiger partial charge >= 0.3 is 6.18 Å². The number of rotatable bonds is 4. The standard InChI is InChI=1S/C14H10ClF5N4/c1-7(10-6-21-13(12(16)17)22-11(10)15)23-24-9-4-2-8(3-5-9)14(18,19)20/h2-6,12,24H,1H3. The average molecular weight is 365 g/mol. The Morgan fingerprint density at radius 3 is 2.33 bits per heavy atom. The second-order valence-corrected chi connectivity index (χ2v) is 4.98. The molecule has 1 heterocycles. The summed E-state index contributed by atoms with van der Waals surface area (Å²) in [6.07, 6.45) is -6.17. The second-order valence-electron chi connectivity index (χ2n) is 4.62. The largest absolute Gasteiger partial charge is 0.416 e. The summed E-state index contributed by atoms with van der Waals surface area (Å²) < 4.78 is 62.3. The Morgan fingerprint density at radius 2 is 1.83 bits per heavy atom. The van der Waals surface area contributed by atoms with E-state index in [0.717, 1.165) is 18.3 Å². The van der Waals surface area contributed by atoms with Gasteiger partial charge in [-0.3, -0.25) is 5.43 Å². The normalized spacial score (nSPS) is 12.6. The van der Waals surface area contributed by atoms with E-state index in [9.17, 15) is 22.0 Å². The molecule has 0 radical (unpaired) electrons. The van der Waals surface area contributed by atoms with E-state index in [0.29, 0.717) is 5.69 Å². The van der Waals surface area contributed by atoms with Crippen LogP contribution < -0.4 is 5.43 Å². The summed E-state index contributed by atoms with van der Waals surface area (Å²) in [7, 11) is 0. The van der Waals surface area contributed by atoms with Crippen molar-refractivity contribution in [1.82, 2.24) is 9.97 Å². The molecule has 0 aliphatic heterocycles. The molecule has 0 atom stereocenters. The van der Waals surface area contributed by atoms with Gasteiger partial charge in [0.15, 0.2) is 5.82 Å². The van der Waals surface area contributed by atoms with Gasteiger partial charge in [-0.05, 0) is 31.2 Å². The molecule has 128 valence electrons. The first kappa shape index (κ1) is 18.1. The highest BCUT2D eigenvalue weighted by Gasteiger charge is 2.29. The summed E-state index contributed by atoms with van der Waals surface area (Å²) in [5.74, 6) is -0.702. The number of nitrogens with one attached hydrogen (secondary N) is 1. The summed E-state index contributed by atoms with van der Waals surface area (Å²) in [6, 6.07) is 4.22.